The van der Waals surface area contributed by atoms with Gasteiger partial charge in [0.25, 0.3) is 0 Å². The van der Waals surface area contributed by atoms with Crippen molar-refractivity contribution in [2.24, 2.45) is 5.73 Å². The molecular formula is C8H17N3O. The van der Waals surface area contributed by atoms with Crippen LogP contribution in [0.3, 0.4) is 0 Å². The van der Waals surface area contributed by atoms with E-state index in [-0.39, 0.29) is 11.9 Å². The largest absolute Gasteiger partial charge is 0.353 e. The van der Waals surface area contributed by atoms with Gasteiger partial charge in [0.15, 0.2) is 0 Å². The maximum atomic E-state index is 11.0. The molecule has 1 aliphatic heterocycles. The molecule has 0 spiro atoms. The standard InChI is InChI=1S/C8H17N3O/c1-6(9)4-11-5-8(12)10-3-7(11)2/h6-7H,3-5,9H2,1-2H3,(H,10,12). The molecule has 1 amide bonds. The fraction of sp³-hybridized carbons (Fsp3) is 0.875. The van der Waals surface area contributed by atoms with Crippen LogP contribution in [0.15, 0.2) is 0 Å². The average Bonchev–Trinajstić information content (AvgIpc) is 1.96. The lowest BCUT2D eigenvalue weighted by Crippen LogP contribution is -2.55. The number of carbonyl (C=O) groups is 1. The highest BCUT2D eigenvalue weighted by Gasteiger charge is 2.22. The van der Waals surface area contributed by atoms with Crippen LogP contribution in [0.2, 0.25) is 0 Å². The number of hydrogen-bond acceptors (Lipinski definition) is 3. The van der Waals surface area contributed by atoms with Crippen LogP contribution >= 0.6 is 0 Å². The highest BCUT2D eigenvalue weighted by molar-refractivity contribution is 5.78. The van der Waals surface area contributed by atoms with Crippen LogP contribution in [0, 0.1) is 0 Å². The van der Waals surface area contributed by atoms with E-state index in [4.69, 9.17) is 5.73 Å². The van der Waals surface area contributed by atoms with Gasteiger partial charge < -0.3 is 11.1 Å². The van der Waals surface area contributed by atoms with Crippen molar-refractivity contribution in [1.82, 2.24) is 10.2 Å². The SMILES string of the molecule is CC(N)CN1CC(=O)NCC1C. The minimum atomic E-state index is 0.105. The van der Waals surface area contributed by atoms with E-state index in [1.807, 2.05) is 6.92 Å². The second-order valence-electron chi connectivity index (χ2n) is 3.56. The van der Waals surface area contributed by atoms with Crippen LogP contribution in [-0.2, 0) is 4.79 Å². The summed E-state index contributed by atoms with van der Waals surface area (Å²) in [7, 11) is 0. The topological polar surface area (TPSA) is 58.4 Å². The summed E-state index contributed by atoms with van der Waals surface area (Å²) >= 11 is 0. The van der Waals surface area contributed by atoms with E-state index in [1.165, 1.54) is 0 Å². The predicted molar refractivity (Wildman–Crippen MR) is 47.7 cm³/mol. The Balaban J connectivity index is 2.43. The molecule has 2 unspecified atom stereocenters. The smallest absolute Gasteiger partial charge is 0.234 e. The molecule has 0 aliphatic carbocycles. The molecule has 1 aliphatic rings. The van der Waals surface area contributed by atoms with Gasteiger partial charge in [0, 0.05) is 25.2 Å². The molecule has 70 valence electrons. The molecule has 0 radical (unpaired) electrons. The summed E-state index contributed by atoms with van der Waals surface area (Å²) in [6, 6.07) is 0.548. The molecule has 1 rings (SSSR count). The lowest BCUT2D eigenvalue weighted by Gasteiger charge is -2.33. The summed E-state index contributed by atoms with van der Waals surface area (Å²) in [6.07, 6.45) is 0. The third-order valence-corrected chi connectivity index (χ3v) is 2.09. The molecule has 2 atom stereocenters. The van der Waals surface area contributed by atoms with Gasteiger partial charge in [0.05, 0.1) is 6.54 Å². The minimum Gasteiger partial charge on any atom is -0.353 e. The number of nitrogens with zero attached hydrogens (tertiary/aromatic N) is 1. The van der Waals surface area contributed by atoms with Gasteiger partial charge >= 0.3 is 0 Å². The first-order chi connectivity index (χ1) is 5.59. The Bertz CT molecular complexity index is 170. The van der Waals surface area contributed by atoms with Crippen molar-refractivity contribution in [3.63, 3.8) is 0 Å². The molecule has 0 saturated carbocycles. The first kappa shape index (κ1) is 9.48. The van der Waals surface area contributed by atoms with E-state index in [9.17, 15) is 4.79 Å². The second kappa shape index (κ2) is 3.87. The van der Waals surface area contributed by atoms with Crippen LogP contribution in [0.5, 0.6) is 0 Å². The zero-order valence-electron chi connectivity index (χ0n) is 7.71. The van der Waals surface area contributed by atoms with E-state index >= 15 is 0 Å². The number of amides is 1. The number of nitrogens with two attached hydrogens (primary N) is 1. The van der Waals surface area contributed by atoms with Crippen molar-refractivity contribution in [3.05, 3.63) is 0 Å². The maximum absolute atomic E-state index is 11.0. The van der Waals surface area contributed by atoms with Crippen molar-refractivity contribution in [2.75, 3.05) is 19.6 Å². The lowest BCUT2D eigenvalue weighted by atomic mass is 10.2. The number of nitrogens with one attached hydrogen (secondary N) is 1. The summed E-state index contributed by atoms with van der Waals surface area (Å²) in [6.45, 7) is 6.09. The van der Waals surface area contributed by atoms with E-state index < -0.39 is 0 Å². The highest BCUT2D eigenvalue weighted by atomic mass is 16.2. The van der Waals surface area contributed by atoms with Gasteiger partial charge in [0.1, 0.15) is 0 Å². The van der Waals surface area contributed by atoms with Gasteiger partial charge in [0.2, 0.25) is 5.91 Å². The van der Waals surface area contributed by atoms with Gasteiger partial charge in [-0.05, 0) is 13.8 Å². The van der Waals surface area contributed by atoms with E-state index in [2.05, 4.69) is 17.1 Å². The quantitative estimate of drug-likeness (QED) is 0.569. The third kappa shape index (κ3) is 2.46. The Morgan fingerprint density at radius 1 is 1.83 bits per heavy atom. The van der Waals surface area contributed by atoms with Gasteiger partial charge in [-0.25, -0.2) is 0 Å². The average molecular weight is 171 g/mol. The molecular weight excluding hydrogens is 154 g/mol. The van der Waals surface area contributed by atoms with E-state index in [1.54, 1.807) is 0 Å². The van der Waals surface area contributed by atoms with E-state index in [0.717, 1.165) is 13.1 Å². The fourth-order valence-corrected chi connectivity index (χ4v) is 1.40. The van der Waals surface area contributed by atoms with E-state index in [0.29, 0.717) is 12.6 Å². The van der Waals surface area contributed by atoms with Crippen LogP contribution in [0.1, 0.15) is 13.8 Å². The zero-order valence-corrected chi connectivity index (χ0v) is 7.71. The number of carbonyl (C=O) groups excluding carboxylic acids is 1. The summed E-state index contributed by atoms with van der Waals surface area (Å²) in [5, 5.41) is 2.81. The molecule has 12 heavy (non-hydrogen) atoms. The van der Waals surface area contributed by atoms with Gasteiger partial charge in [-0.15, -0.1) is 0 Å². The molecule has 3 N–H and O–H groups in total. The van der Waals surface area contributed by atoms with Crippen molar-refractivity contribution in [2.45, 2.75) is 25.9 Å². The van der Waals surface area contributed by atoms with Crippen LogP contribution in [-0.4, -0.2) is 42.5 Å². The molecule has 0 bridgehead atoms. The predicted octanol–water partition coefficient (Wildman–Crippen LogP) is -0.846. The molecule has 4 nitrogen and oxygen atoms in total. The Morgan fingerprint density at radius 3 is 3.08 bits per heavy atom. The lowest BCUT2D eigenvalue weighted by molar-refractivity contribution is -0.125. The Labute approximate surface area is 73.1 Å². The van der Waals surface area contributed by atoms with Crippen molar-refractivity contribution in [1.29, 1.82) is 0 Å². The van der Waals surface area contributed by atoms with Crippen molar-refractivity contribution >= 4 is 5.91 Å². The van der Waals surface area contributed by atoms with Crippen LogP contribution in [0.25, 0.3) is 0 Å². The molecule has 0 aromatic rings. The zero-order chi connectivity index (χ0) is 9.14. The van der Waals surface area contributed by atoms with Gasteiger partial charge in [-0.2, -0.15) is 0 Å². The number of rotatable bonds is 2. The fourth-order valence-electron chi connectivity index (χ4n) is 1.40. The third-order valence-electron chi connectivity index (χ3n) is 2.09. The Morgan fingerprint density at radius 2 is 2.50 bits per heavy atom. The number of piperazine rings is 1. The van der Waals surface area contributed by atoms with Gasteiger partial charge in [-0.3, -0.25) is 9.69 Å². The van der Waals surface area contributed by atoms with Crippen LogP contribution in [0.4, 0.5) is 0 Å². The first-order valence-electron chi connectivity index (χ1n) is 4.36. The Kier molecular flexibility index (Phi) is 3.05. The summed E-state index contributed by atoms with van der Waals surface area (Å²) in [5.74, 6) is 0.105. The molecule has 1 heterocycles. The van der Waals surface area contributed by atoms with Crippen molar-refractivity contribution < 1.29 is 4.79 Å². The number of hydrogen-bond donors (Lipinski definition) is 2. The molecule has 0 aromatic carbocycles. The van der Waals surface area contributed by atoms with Crippen molar-refractivity contribution in [3.8, 4) is 0 Å². The first-order valence-corrected chi connectivity index (χ1v) is 4.36. The maximum Gasteiger partial charge on any atom is 0.234 e. The molecule has 0 aromatic heterocycles. The molecule has 4 heteroatoms. The molecule has 1 saturated heterocycles. The second-order valence-corrected chi connectivity index (χ2v) is 3.56. The van der Waals surface area contributed by atoms with Crippen LogP contribution < -0.4 is 11.1 Å². The Hall–Kier alpha value is -0.610. The summed E-state index contributed by atoms with van der Waals surface area (Å²) in [5.41, 5.74) is 5.66. The monoisotopic (exact) mass is 171 g/mol. The summed E-state index contributed by atoms with van der Waals surface area (Å²) < 4.78 is 0. The van der Waals surface area contributed by atoms with Gasteiger partial charge in [-0.1, -0.05) is 0 Å². The highest BCUT2D eigenvalue weighted by Crippen LogP contribution is 2.02. The minimum absolute atomic E-state index is 0.105. The molecule has 1 fully saturated rings. The summed E-state index contributed by atoms with van der Waals surface area (Å²) in [4.78, 5) is 13.1. The normalized spacial score (nSPS) is 28.2.